The number of aromatic amines is 2. The molecule has 1 aromatic carbocycles. The molecule has 3 N–H and O–H groups in total. The van der Waals surface area contributed by atoms with Crippen LogP contribution in [0, 0.1) is 4.77 Å². The average molecular weight is 414 g/mol. The number of ether oxygens (including phenoxy) is 3. The van der Waals surface area contributed by atoms with Gasteiger partial charge in [0, 0.05) is 17.3 Å². The molecule has 0 aliphatic rings. The number of rotatable bonds is 8. The Morgan fingerprint density at radius 2 is 1.89 bits per heavy atom. The summed E-state index contributed by atoms with van der Waals surface area (Å²) in [5, 5.41) is 3.77. The third-order valence-electron chi connectivity index (χ3n) is 3.26. The smallest absolute Gasteiger partial charge is 0.387 e. The molecule has 0 radical (unpaired) electrons. The Hall–Kier alpha value is -3.28. The lowest BCUT2D eigenvalue weighted by Gasteiger charge is -2.14. The van der Waals surface area contributed by atoms with Gasteiger partial charge in [0.2, 0.25) is 11.7 Å². The van der Waals surface area contributed by atoms with Gasteiger partial charge in [-0.1, -0.05) is 0 Å². The van der Waals surface area contributed by atoms with E-state index in [2.05, 4.69) is 25.2 Å². The van der Waals surface area contributed by atoms with Gasteiger partial charge in [-0.3, -0.25) is 14.6 Å². The van der Waals surface area contributed by atoms with Crippen molar-refractivity contribution in [3.05, 3.63) is 44.6 Å². The van der Waals surface area contributed by atoms with Gasteiger partial charge in [-0.05, 0) is 24.4 Å². The van der Waals surface area contributed by atoms with Gasteiger partial charge in [-0.2, -0.15) is 13.9 Å². The first-order valence-corrected chi connectivity index (χ1v) is 8.08. The van der Waals surface area contributed by atoms with Crippen LogP contribution < -0.4 is 25.2 Å². The summed E-state index contributed by atoms with van der Waals surface area (Å²) in [5.74, 6) is -0.762. The van der Waals surface area contributed by atoms with E-state index in [4.69, 9.17) is 21.7 Å². The number of methoxy groups -OCH3 is 2. The van der Waals surface area contributed by atoms with Crippen LogP contribution in [0.3, 0.4) is 0 Å². The first-order chi connectivity index (χ1) is 13.3. The van der Waals surface area contributed by atoms with Gasteiger partial charge in [0.1, 0.15) is 0 Å². The van der Waals surface area contributed by atoms with E-state index in [1.807, 2.05) is 0 Å². The van der Waals surface area contributed by atoms with Gasteiger partial charge in [-0.25, -0.2) is 5.43 Å². The highest BCUT2D eigenvalue weighted by Gasteiger charge is 2.17. The van der Waals surface area contributed by atoms with E-state index in [1.54, 1.807) is 0 Å². The average Bonchev–Trinajstić information content (AvgIpc) is 2.61. The number of halogens is 2. The summed E-state index contributed by atoms with van der Waals surface area (Å²) in [5.41, 5.74) is 2.55. The Balaban J connectivity index is 2.11. The summed E-state index contributed by atoms with van der Waals surface area (Å²) in [6, 6.07) is 3.96. The van der Waals surface area contributed by atoms with Crippen molar-refractivity contribution < 1.29 is 27.8 Å². The molecule has 0 spiro atoms. The number of hydrazone groups is 1. The van der Waals surface area contributed by atoms with E-state index < -0.39 is 18.1 Å². The molecule has 1 heterocycles. The highest BCUT2D eigenvalue weighted by molar-refractivity contribution is 7.71. The van der Waals surface area contributed by atoms with Crippen LogP contribution in [0.4, 0.5) is 8.78 Å². The largest absolute Gasteiger partial charge is 0.493 e. The van der Waals surface area contributed by atoms with Crippen LogP contribution in [0.25, 0.3) is 0 Å². The minimum absolute atomic E-state index is 0.00325. The van der Waals surface area contributed by atoms with E-state index in [1.165, 1.54) is 38.6 Å². The van der Waals surface area contributed by atoms with Crippen molar-refractivity contribution in [2.75, 3.05) is 14.2 Å². The number of alkyl halides is 2. The lowest BCUT2D eigenvalue weighted by molar-refractivity contribution is -0.120. The van der Waals surface area contributed by atoms with Gasteiger partial charge < -0.3 is 19.2 Å². The fourth-order valence-corrected chi connectivity index (χ4v) is 2.42. The van der Waals surface area contributed by atoms with Crippen LogP contribution in [-0.2, 0) is 11.2 Å². The molecule has 2 aromatic rings. The van der Waals surface area contributed by atoms with Crippen LogP contribution in [0.1, 0.15) is 11.3 Å². The first kappa shape index (κ1) is 21.0. The van der Waals surface area contributed by atoms with Gasteiger partial charge in [0.15, 0.2) is 16.3 Å². The van der Waals surface area contributed by atoms with Crippen molar-refractivity contribution in [1.82, 2.24) is 15.4 Å². The molecule has 0 saturated heterocycles. The van der Waals surface area contributed by atoms with Crippen molar-refractivity contribution in [3.8, 4) is 17.2 Å². The Labute approximate surface area is 162 Å². The molecule has 0 bridgehead atoms. The number of amides is 1. The van der Waals surface area contributed by atoms with Crippen LogP contribution in [-0.4, -0.2) is 42.9 Å². The molecule has 150 valence electrons. The van der Waals surface area contributed by atoms with Gasteiger partial charge in [0.05, 0.1) is 26.9 Å². The van der Waals surface area contributed by atoms with E-state index in [0.29, 0.717) is 11.3 Å². The molecule has 0 fully saturated rings. The maximum atomic E-state index is 12.5. The minimum atomic E-state index is -3.06. The summed E-state index contributed by atoms with van der Waals surface area (Å²) in [6.07, 6.45) is 1.10. The zero-order valence-electron chi connectivity index (χ0n) is 14.7. The lowest BCUT2D eigenvalue weighted by atomic mass is 10.2. The standard InChI is InChI=1S/C16H16F2N4O5S/c1-25-10-3-8(4-11(26-2)14(10)27-15(17)18)7-19-22-13(24)6-9-5-12(23)21-16(28)20-9/h3-5,7,15H,6H2,1-2H3,(H,22,24)(H2,20,21,23,28)/b19-7-. The molecule has 12 heteroatoms. The van der Waals surface area contributed by atoms with E-state index in [-0.39, 0.29) is 28.4 Å². The fraction of sp³-hybridized carbons (Fsp3) is 0.250. The summed E-state index contributed by atoms with van der Waals surface area (Å²) in [4.78, 5) is 28.3. The van der Waals surface area contributed by atoms with Crippen molar-refractivity contribution in [2.24, 2.45) is 5.10 Å². The van der Waals surface area contributed by atoms with Crippen molar-refractivity contribution >= 4 is 24.3 Å². The van der Waals surface area contributed by atoms with E-state index >= 15 is 0 Å². The topological polar surface area (TPSA) is 118 Å². The fourth-order valence-electron chi connectivity index (χ4n) is 2.19. The second-order valence-corrected chi connectivity index (χ2v) is 5.62. The number of hydrogen-bond acceptors (Lipinski definition) is 7. The number of hydrogen-bond donors (Lipinski definition) is 3. The van der Waals surface area contributed by atoms with E-state index in [9.17, 15) is 18.4 Å². The zero-order valence-corrected chi connectivity index (χ0v) is 15.6. The van der Waals surface area contributed by atoms with Gasteiger partial charge in [-0.15, -0.1) is 0 Å². The maximum absolute atomic E-state index is 12.5. The normalized spacial score (nSPS) is 10.9. The van der Waals surface area contributed by atoms with Crippen molar-refractivity contribution in [1.29, 1.82) is 0 Å². The molecule has 0 aliphatic heterocycles. The van der Waals surface area contributed by atoms with Crippen LogP contribution >= 0.6 is 12.2 Å². The molecule has 0 unspecified atom stereocenters. The molecule has 0 aliphatic carbocycles. The number of benzene rings is 1. The Kier molecular flexibility index (Phi) is 7.21. The summed E-state index contributed by atoms with van der Waals surface area (Å²) in [7, 11) is 2.56. The second-order valence-electron chi connectivity index (χ2n) is 5.22. The Bertz CT molecular complexity index is 936. The predicted molar refractivity (Wildman–Crippen MR) is 97.9 cm³/mol. The third-order valence-corrected chi connectivity index (χ3v) is 3.46. The number of carbonyl (C=O) groups excluding carboxylic acids is 1. The highest BCUT2D eigenvalue weighted by atomic mass is 32.1. The molecular formula is C16H16F2N4O5S. The Morgan fingerprint density at radius 1 is 1.25 bits per heavy atom. The van der Waals surface area contributed by atoms with Gasteiger partial charge >= 0.3 is 6.61 Å². The molecule has 9 nitrogen and oxygen atoms in total. The molecule has 0 saturated carbocycles. The van der Waals surface area contributed by atoms with Crippen LogP contribution in [0.2, 0.25) is 0 Å². The minimum Gasteiger partial charge on any atom is -0.493 e. The quantitative estimate of drug-likeness (QED) is 0.344. The molecule has 2 rings (SSSR count). The van der Waals surface area contributed by atoms with Gasteiger partial charge in [0.25, 0.3) is 5.56 Å². The molecule has 1 aromatic heterocycles. The third kappa shape index (κ3) is 5.87. The number of carbonyl (C=O) groups is 1. The number of nitrogens with zero attached hydrogens (tertiary/aromatic N) is 1. The first-order valence-electron chi connectivity index (χ1n) is 7.67. The number of H-pyrrole nitrogens is 2. The molecule has 0 atom stereocenters. The lowest BCUT2D eigenvalue weighted by Crippen LogP contribution is -2.21. The maximum Gasteiger partial charge on any atom is 0.387 e. The summed E-state index contributed by atoms with van der Waals surface area (Å²) in [6.45, 7) is -3.06. The molecular weight excluding hydrogens is 398 g/mol. The van der Waals surface area contributed by atoms with Crippen molar-refractivity contribution in [2.45, 2.75) is 13.0 Å². The zero-order chi connectivity index (χ0) is 20.7. The predicted octanol–water partition coefficient (Wildman–Crippen LogP) is 1.74. The van der Waals surface area contributed by atoms with Crippen LogP contribution in [0.15, 0.2) is 28.1 Å². The molecule has 28 heavy (non-hydrogen) atoms. The number of aromatic nitrogens is 2. The van der Waals surface area contributed by atoms with Crippen LogP contribution in [0.5, 0.6) is 17.2 Å². The molecule has 1 amide bonds. The van der Waals surface area contributed by atoms with Crippen molar-refractivity contribution in [3.63, 3.8) is 0 Å². The monoisotopic (exact) mass is 414 g/mol. The SMILES string of the molecule is COc1cc(/C=N\NC(=O)Cc2cc(=O)[nH]c(=S)[nH]2)cc(OC)c1OC(F)F. The number of nitrogens with one attached hydrogen (secondary N) is 3. The highest BCUT2D eigenvalue weighted by Crippen LogP contribution is 2.39. The Morgan fingerprint density at radius 3 is 2.43 bits per heavy atom. The summed E-state index contributed by atoms with van der Waals surface area (Å²) >= 11 is 4.82. The second kappa shape index (κ2) is 9.60. The van der Waals surface area contributed by atoms with E-state index in [0.717, 1.165) is 0 Å². The summed E-state index contributed by atoms with van der Waals surface area (Å²) < 4.78 is 39.6.